The van der Waals surface area contributed by atoms with Crippen molar-refractivity contribution >= 4 is 22.5 Å². The number of hydrogen-bond acceptors (Lipinski definition) is 4. The van der Waals surface area contributed by atoms with Crippen LogP contribution in [0.15, 0.2) is 61.2 Å². The molecule has 2 aliphatic heterocycles. The highest BCUT2D eigenvalue weighted by Crippen LogP contribution is 2.31. The minimum absolute atomic E-state index is 0.00357. The lowest BCUT2D eigenvalue weighted by Gasteiger charge is -2.32. The first-order chi connectivity index (χ1) is 13.5. The second-order valence-corrected chi connectivity index (χ2v) is 8.09. The minimum atomic E-state index is -2.71. The number of carbonyl (C=O) groups is 1. The number of thiol groups is 1. The van der Waals surface area contributed by atoms with Crippen molar-refractivity contribution in [3.8, 4) is 0 Å². The molecule has 2 aliphatic rings. The third kappa shape index (κ3) is 4.91. The number of benzene rings is 1. The third-order valence-electron chi connectivity index (χ3n) is 5.47. The predicted molar refractivity (Wildman–Crippen MR) is 113 cm³/mol. The summed E-state index contributed by atoms with van der Waals surface area (Å²) in [7, 11) is -2.71. The Labute approximate surface area is 168 Å². The minimum Gasteiger partial charge on any atom is -0.337 e. The van der Waals surface area contributed by atoms with E-state index in [2.05, 4.69) is 22.8 Å². The first kappa shape index (κ1) is 20.4. The lowest BCUT2D eigenvalue weighted by molar-refractivity contribution is 0.0701. The van der Waals surface area contributed by atoms with E-state index >= 15 is 0 Å². The highest BCUT2D eigenvalue weighted by Gasteiger charge is 2.37. The summed E-state index contributed by atoms with van der Waals surface area (Å²) in [5.74, 6) is 0.605. The summed E-state index contributed by atoms with van der Waals surface area (Å²) >= 11 is 0. The molecule has 2 heterocycles. The van der Waals surface area contributed by atoms with Gasteiger partial charge in [0.1, 0.15) is 0 Å². The molecule has 150 valence electrons. The quantitative estimate of drug-likeness (QED) is 0.544. The Balaban J connectivity index is 1.68. The van der Waals surface area contributed by atoms with Crippen LogP contribution in [0.5, 0.6) is 0 Å². The van der Waals surface area contributed by atoms with Crippen LogP contribution >= 0.6 is 0 Å². The van der Waals surface area contributed by atoms with Crippen LogP contribution in [0.3, 0.4) is 0 Å². The van der Waals surface area contributed by atoms with Crippen molar-refractivity contribution in [2.75, 3.05) is 30.9 Å². The van der Waals surface area contributed by atoms with Crippen LogP contribution in [-0.2, 0) is 10.9 Å². The summed E-state index contributed by atoms with van der Waals surface area (Å²) in [5, 5.41) is 0. The Kier molecular flexibility index (Phi) is 6.70. The molecule has 1 amide bonds. The Bertz CT molecular complexity index is 837. The van der Waals surface area contributed by atoms with Crippen molar-refractivity contribution in [2.24, 2.45) is 5.92 Å². The van der Waals surface area contributed by atoms with Gasteiger partial charge in [0, 0.05) is 43.5 Å². The van der Waals surface area contributed by atoms with Crippen molar-refractivity contribution in [3.63, 3.8) is 0 Å². The maximum Gasteiger partial charge on any atom is 0.253 e. The second-order valence-electron chi connectivity index (χ2n) is 7.35. The zero-order valence-corrected chi connectivity index (χ0v) is 16.8. The van der Waals surface area contributed by atoms with Gasteiger partial charge in [-0.25, -0.2) is 8.42 Å². The lowest BCUT2D eigenvalue weighted by Crippen LogP contribution is -2.44. The van der Waals surface area contributed by atoms with Crippen LogP contribution in [0.1, 0.15) is 23.2 Å². The molecule has 2 bridgehead atoms. The summed E-state index contributed by atoms with van der Waals surface area (Å²) in [6.07, 6.45) is 7.75. The molecule has 0 saturated carbocycles. The Morgan fingerprint density at radius 2 is 1.96 bits per heavy atom. The zero-order chi connectivity index (χ0) is 20.1. The van der Waals surface area contributed by atoms with E-state index in [0.717, 1.165) is 38.0 Å². The number of allylic oxidation sites excluding steroid dienone is 2. The van der Waals surface area contributed by atoms with Gasteiger partial charge in [-0.1, -0.05) is 31.4 Å². The summed E-state index contributed by atoms with van der Waals surface area (Å²) < 4.78 is 23.8. The van der Waals surface area contributed by atoms with Gasteiger partial charge in [0.2, 0.25) is 10.9 Å². The van der Waals surface area contributed by atoms with Gasteiger partial charge in [0.15, 0.2) is 0 Å². The van der Waals surface area contributed by atoms with E-state index < -0.39 is 10.9 Å². The summed E-state index contributed by atoms with van der Waals surface area (Å²) in [6, 6.07) is 6.92. The summed E-state index contributed by atoms with van der Waals surface area (Å²) in [6.45, 7) is 11.0. The van der Waals surface area contributed by atoms with Gasteiger partial charge in [-0.3, -0.25) is 14.4 Å². The molecule has 2 atom stereocenters. The SMILES string of the molecule is C=C/C=C(\C=C)CN1CC2CCN(C(=O)c3ccc(N[SH](=O)=O)cc3)CC1C2. The molecule has 1 N–H and O–H groups in total. The number of fused-ring (bicyclic) bond motifs is 2. The average Bonchev–Trinajstić information content (AvgIpc) is 2.91. The molecule has 0 aromatic heterocycles. The Morgan fingerprint density at radius 3 is 2.61 bits per heavy atom. The van der Waals surface area contributed by atoms with Gasteiger partial charge in [0.05, 0.1) is 0 Å². The van der Waals surface area contributed by atoms with Gasteiger partial charge in [-0.2, -0.15) is 0 Å². The molecule has 3 rings (SSSR count). The average molecular weight is 402 g/mol. The van der Waals surface area contributed by atoms with E-state index in [-0.39, 0.29) is 5.91 Å². The normalized spacial score (nSPS) is 22.8. The summed E-state index contributed by atoms with van der Waals surface area (Å²) in [4.78, 5) is 17.3. The molecule has 1 aromatic carbocycles. The van der Waals surface area contributed by atoms with Crippen LogP contribution in [0.4, 0.5) is 5.69 Å². The fourth-order valence-electron chi connectivity index (χ4n) is 4.10. The molecule has 7 heteroatoms. The number of rotatable bonds is 7. The third-order valence-corrected chi connectivity index (χ3v) is 5.91. The van der Waals surface area contributed by atoms with Crippen molar-refractivity contribution in [1.29, 1.82) is 0 Å². The van der Waals surface area contributed by atoms with Crippen molar-refractivity contribution in [3.05, 3.63) is 66.8 Å². The monoisotopic (exact) mass is 401 g/mol. The van der Waals surface area contributed by atoms with E-state index in [0.29, 0.717) is 29.8 Å². The fraction of sp³-hybridized carbons (Fsp3) is 0.381. The van der Waals surface area contributed by atoms with E-state index in [1.54, 1.807) is 30.3 Å². The molecular formula is C21H27N3O3S. The molecule has 1 aromatic rings. The Morgan fingerprint density at radius 1 is 1.21 bits per heavy atom. The largest absolute Gasteiger partial charge is 0.337 e. The lowest BCUT2D eigenvalue weighted by atomic mass is 10.0. The van der Waals surface area contributed by atoms with E-state index in [1.165, 1.54) is 0 Å². The molecule has 0 radical (unpaired) electrons. The highest BCUT2D eigenvalue weighted by molar-refractivity contribution is 7.73. The maximum atomic E-state index is 13.0. The number of nitrogens with zero attached hydrogens (tertiary/aromatic N) is 2. The molecule has 0 spiro atoms. The van der Waals surface area contributed by atoms with Gasteiger partial charge in [-0.05, 0) is 48.6 Å². The second kappa shape index (κ2) is 9.21. The number of nitrogens with one attached hydrogen (secondary N) is 1. The number of anilines is 1. The zero-order valence-electron chi connectivity index (χ0n) is 15.9. The van der Waals surface area contributed by atoms with Crippen LogP contribution in [0.25, 0.3) is 0 Å². The smallest absolute Gasteiger partial charge is 0.253 e. The Hall–Kier alpha value is -2.38. The van der Waals surface area contributed by atoms with Crippen LogP contribution in [0.2, 0.25) is 0 Å². The standard InChI is InChI=1S/C21H27N3O3S/c1-3-5-16(4-2)13-24-14-17-10-11-23(15-20(24)12-17)21(25)18-6-8-19(9-7-18)22-28(26)27/h3-9,17,20,28H,1-2,10-15H2,(H,22,26,27)/b16-5+. The molecule has 2 unspecified atom stereocenters. The maximum absolute atomic E-state index is 13.0. The van der Waals surface area contributed by atoms with Crippen LogP contribution in [0, 0.1) is 5.92 Å². The van der Waals surface area contributed by atoms with Crippen LogP contribution in [-0.4, -0.2) is 56.3 Å². The first-order valence-electron chi connectivity index (χ1n) is 9.48. The number of carbonyl (C=O) groups excluding carboxylic acids is 1. The van der Waals surface area contributed by atoms with Gasteiger partial charge in [-0.15, -0.1) is 0 Å². The number of likely N-dealkylation sites (tertiary alicyclic amines) is 2. The van der Waals surface area contributed by atoms with E-state index in [4.69, 9.17) is 0 Å². The van der Waals surface area contributed by atoms with E-state index in [9.17, 15) is 13.2 Å². The van der Waals surface area contributed by atoms with Gasteiger partial charge >= 0.3 is 0 Å². The van der Waals surface area contributed by atoms with Gasteiger partial charge < -0.3 is 4.90 Å². The number of hydrogen-bond donors (Lipinski definition) is 2. The topological polar surface area (TPSA) is 69.7 Å². The molecule has 6 nitrogen and oxygen atoms in total. The molecule has 0 aliphatic carbocycles. The fourth-order valence-corrected chi connectivity index (χ4v) is 4.46. The van der Waals surface area contributed by atoms with Crippen molar-refractivity contribution in [1.82, 2.24) is 9.80 Å². The van der Waals surface area contributed by atoms with Gasteiger partial charge in [0.25, 0.3) is 5.91 Å². The molecule has 28 heavy (non-hydrogen) atoms. The molecular weight excluding hydrogens is 374 g/mol. The van der Waals surface area contributed by atoms with Crippen LogP contribution < -0.4 is 4.72 Å². The first-order valence-corrected chi connectivity index (χ1v) is 10.7. The molecule has 2 saturated heterocycles. The molecule has 2 fully saturated rings. The highest BCUT2D eigenvalue weighted by atomic mass is 32.2. The van der Waals surface area contributed by atoms with E-state index in [1.807, 2.05) is 17.1 Å². The number of amides is 1. The van der Waals surface area contributed by atoms with Crippen molar-refractivity contribution < 1.29 is 13.2 Å². The predicted octanol–water partition coefficient (Wildman–Crippen LogP) is 2.46. The van der Waals surface area contributed by atoms with Crippen molar-refractivity contribution in [2.45, 2.75) is 18.9 Å². The summed E-state index contributed by atoms with van der Waals surface area (Å²) in [5.41, 5.74) is 2.17.